The third kappa shape index (κ3) is 5.06. The summed E-state index contributed by atoms with van der Waals surface area (Å²) in [6, 6.07) is 4.56. The number of nitrogens with zero attached hydrogens (tertiary/aromatic N) is 2. The highest BCUT2D eigenvalue weighted by atomic mass is 35.5. The fourth-order valence-corrected chi connectivity index (χ4v) is 8.14. The number of piperidine rings is 1. The number of nitrogens with one attached hydrogen (secondary N) is 2. The second kappa shape index (κ2) is 11.3. The number of benzene rings is 1. The molecular weight excluding hydrogens is 551 g/mol. The molecule has 3 amide bonds. The molecule has 6 rings (SSSR count). The van der Waals surface area contributed by atoms with Gasteiger partial charge in [0.2, 0.25) is 17.7 Å². The first-order valence-electron chi connectivity index (χ1n) is 14.8. The standard InChI is InChI=1S/C30H38Cl2N4O4/c1-18-7-5-6-12-35(18)13-14-36-26(28(38)33-21-8-3-2-4-9-21)30-11-10-23(40-30)24(25(30)29(36)39)27(37)34-22-16-19(31)15-20(32)17-22/h10-11,15-18,21,23-26H,2-9,12-14H2,1H3,(H,33,38)(H,34,37)/t18-,23+,24-,25+,26+,30+/m1/s1. The number of carbonyl (C=O) groups excluding carboxylic acids is 3. The topological polar surface area (TPSA) is 91.0 Å². The number of halogens is 2. The average molecular weight is 590 g/mol. The molecule has 1 aliphatic carbocycles. The van der Waals surface area contributed by atoms with Crippen molar-refractivity contribution in [3.8, 4) is 0 Å². The summed E-state index contributed by atoms with van der Waals surface area (Å²) in [6.07, 6.45) is 11.9. The van der Waals surface area contributed by atoms with Crippen molar-refractivity contribution in [2.45, 2.75) is 88.1 Å². The normalized spacial score (nSPS) is 33.8. The Morgan fingerprint density at radius 3 is 2.45 bits per heavy atom. The van der Waals surface area contributed by atoms with Crippen molar-refractivity contribution >= 4 is 46.6 Å². The van der Waals surface area contributed by atoms with E-state index in [1.54, 1.807) is 23.1 Å². The highest BCUT2D eigenvalue weighted by molar-refractivity contribution is 6.35. The van der Waals surface area contributed by atoms with Crippen molar-refractivity contribution in [1.29, 1.82) is 0 Å². The summed E-state index contributed by atoms with van der Waals surface area (Å²) in [5.41, 5.74) is -0.710. The Kier molecular flexibility index (Phi) is 7.89. The molecule has 2 bridgehead atoms. The number of anilines is 1. The van der Waals surface area contributed by atoms with Crippen LogP contribution in [0.15, 0.2) is 30.4 Å². The molecule has 8 nitrogen and oxygen atoms in total. The number of amides is 3. The molecule has 4 aliphatic heterocycles. The van der Waals surface area contributed by atoms with E-state index in [9.17, 15) is 14.4 Å². The number of likely N-dealkylation sites (tertiary alicyclic amines) is 2. The number of fused-ring (bicyclic) bond motifs is 1. The molecule has 1 aromatic rings. The number of hydrogen-bond donors (Lipinski definition) is 2. The summed E-state index contributed by atoms with van der Waals surface area (Å²) in [6.45, 7) is 4.32. The van der Waals surface area contributed by atoms with E-state index in [1.807, 2.05) is 12.2 Å². The fourth-order valence-electron chi connectivity index (χ4n) is 7.61. The van der Waals surface area contributed by atoms with Crippen molar-refractivity contribution in [2.24, 2.45) is 11.8 Å². The number of hydrogen-bond acceptors (Lipinski definition) is 5. The van der Waals surface area contributed by atoms with E-state index in [-0.39, 0.29) is 23.8 Å². The molecule has 10 heteroatoms. The van der Waals surface area contributed by atoms with Gasteiger partial charge in [0.05, 0.1) is 17.9 Å². The minimum atomic E-state index is -1.16. The van der Waals surface area contributed by atoms with Gasteiger partial charge in [0.15, 0.2) is 0 Å². The van der Waals surface area contributed by atoms with Gasteiger partial charge in [0.25, 0.3) is 0 Å². The predicted octanol–water partition coefficient (Wildman–Crippen LogP) is 4.41. The van der Waals surface area contributed by atoms with Crippen LogP contribution < -0.4 is 10.6 Å². The van der Waals surface area contributed by atoms with Gasteiger partial charge in [0, 0.05) is 40.9 Å². The van der Waals surface area contributed by atoms with Crippen LogP contribution in [0, 0.1) is 11.8 Å². The zero-order chi connectivity index (χ0) is 28.0. The second-order valence-corrected chi connectivity index (χ2v) is 13.0. The largest absolute Gasteiger partial charge is 0.359 e. The molecule has 1 spiro atoms. The second-order valence-electron chi connectivity index (χ2n) is 12.1. The van der Waals surface area contributed by atoms with Gasteiger partial charge in [-0.15, -0.1) is 0 Å². The maximum Gasteiger partial charge on any atom is 0.246 e. The molecular formula is C30H38Cl2N4O4. The highest BCUT2D eigenvalue weighted by Gasteiger charge is 2.72. The molecule has 4 fully saturated rings. The molecule has 6 atom stereocenters. The molecule has 1 saturated carbocycles. The van der Waals surface area contributed by atoms with Gasteiger partial charge < -0.3 is 20.3 Å². The van der Waals surface area contributed by atoms with Gasteiger partial charge in [-0.3, -0.25) is 19.3 Å². The Bertz CT molecular complexity index is 1180. The Labute approximate surface area is 245 Å². The maximum atomic E-state index is 14.2. The van der Waals surface area contributed by atoms with Crippen LogP contribution >= 0.6 is 23.2 Å². The van der Waals surface area contributed by atoms with E-state index in [0.29, 0.717) is 34.9 Å². The monoisotopic (exact) mass is 588 g/mol. The van der Waals surface area contributed by atoms with Crippen molar-refractivity contribution in [2.75, 3.05) is 25.0 Å². The number of ether oxygens (including phenoxy) is 1. The lowest BCUT2D eigenvalue weighted by Crippen LogP contribution is -2.57. The number of carbonyl (C=O) groups is 3. The minimum absolute atomic E-state index is 0.102. The fraction of sp³-hybridized carbons (Fsp3) is 0.633. The van der Waals surface area contributed by atoms with E-state index in [1.165, 1.54) is 12.8 Å². The summed E-state index contributed by atoms with van der Waals surface area (Å²) < 4.78 is 6.48. The lowest BCUT2D eigenvalue weighted by atomic mass is 9.74. The van der Waals surface area contributed by atoms with Gasteiger partial charge in [0.1, 0.15) is 11.6 Å². The zero-order valence-electron chi connectivity index (χ0n) is 22.9. The first kappa shape index (κ1) is 28.0. The Morgan fingerprint density at radius 2 is 1.73 bits per heavy atom. The average Bonchev–Trinajstić information content (AvgIpc) is 3.55. The van der Waals surface area contributed by atoms with Gasteiger partial charge >= 0.3 is 0 Å². The van der Waals surface area contributed by atoms with Gasteiger partial charge in [-0.05, 0) is 57.4 Å². The summed E-state index contributed by atoms with van der Waals surface area (Å²) in [5, 5.41) is 6.95. The van der Waals surface area contributed by atoms with Crippen molar-refractivity contribution in [1.82, 2.24) is 15.1 Å². The van der Waals surface area contributed by atoms with Crippen LogP contribution in [0.4, 0.5) is 5.69 Å². The lowest BCUT2D eigenvalue weighted by Gasteiger charge is -2.37. The van der Waals surface area contributed by atoms with Gasteiger partial charge in [-0.1, -0.05) is 61.0 Å². The maximum absolute atomic E-state index is 14.2. The van der Waals surface area contributed by atoms with Crippen molar-refractivity contribution in [3.63, 3.8) is 0 Å². The van der Waals surface area contributed by atoms with E-state index < -0.39 is 29.6 Å². The van der Waals surface area contributed by atoms with E-state index in [0.717, 1.165) is 45.1 Å². The van der Waals surface area contributed by atoms with Gasteiger partial charge in [-0.2, -0.15) is 0 Å². The summed E-state index contributed by atoms with van der Waals surface area (Å²) in [5.74, 6) is -2.25. The Hall–Kier alpha value is -2.13. The van der Waals surface area contributed by atoms with E-state index >= 15 is 0 Å². The quantitative estimate of drug-likeness (QED) is 0.460. The third-order valence-corrected chi connectivity index (χ3v) is 10.0. The third-order valence-electron chi connectivity index (χ3n) is 9.58. The smallest absolute Gasteiger partial charge is 0.246 e. The highest BCUT2D eigenvalue weighted by Crippen LogP contribution is 2.55. The van der Waals surface area contributed by atoms with Crippen LogP contribution in [0.1, 0.15) is 58.3 Å². The molecule has 5 aliphatic rings. The molecule has 4 heterocycles. The molecule has 3 saturated heterocycles. The van der Waals surface area contributed by atoms with Crippen molar-refractivity contribution in [3.05, 3.63) is 40.4 Å². The molecule has 0 aromatic heterocycles. The summed E-state index contributed by atoms with van der Waals surface area (Å²) >= 11 is 12.3. The van der Waals surface area contributed by atoms with E-state index in [2.05, 4.69) is 22.5 Å². The van der Waals surface area contributed by atoms with Crippen molar-refractivity contribution < 1.29 is 19.1 Å². The predicted molar refractivity (Wildman–Crippen MR) is 154 cm³/mol. The Morgan fingerprint density at radius 1 is 1.00 bits per heavy atom. The summed E-state index contributed by atoms with van der Waals surface area (Å²) in [7, 11) is 0. The Balaban J connectivity index is 1.27. The molecule has 1 aromatic carbocycles. The van der Waals surface area contributed by atoms with Crippen LogP contribution in [0.3, 0.4) is 0 Å². The van der Waals surface area contributed by atoms with Crippen LogP contribution in [0.5, 0.6) is 0 Å². The molecule has 216 valence electrons. The molecule has 2 N–H and O–H groups in total. The summed E-state index contributed by atoms with van der Waals surface area (Å²) in [4.78, 5) is 46.0. The molecule has 0 radical (unpaired) electrons. The number of rotatable bonds is 7. The SMILES string of the molecule is C[C@@H]1CCCCN1CCN1C(=O)[C@@H]2[C@H](C(=O)Nc3cc(Cl)cc(Cl)c3)[C@@H]3C=C[C@@]2(O3)[C@@H]1C(=O)NC1CCCCC1. The first-order valence-corrected chi connectivity index (χ1v) is 15.5. The lowest BCUT2D eigenvalue weighted by molar-refractivity contribution is -0.141. The zero-order valence-corrected chi connectivity index (χ0v) is 24.4. The van der Waals surface area contributed by atoms with Crippen LogP contribution in [0.25, 0.3) is 0 Å². The van der Waals surface area contributed by atoms with Crippen LogP contribution in [0.2, 0.25) is 10.0 Å². The van der Waals surface area contributed by atoms with Crippen LogP contribution in [-0.2, 0) is 19.1 Å². The minimum Gasteiger partial charge on any atom is -0.359 e. The van der Waals surface area contributed by atoms with Gasteiger partial charge in [-0.25, -0.2) is 0 Å². The van der Waals surface area contributed by atoms with E-state index in [4.69, 9.17) is 27.9 Å². The van der Waals surface area contributed by atoms with Crippen LogP contribution in [-0.4, -0.2) is 77.0 Å². The first-order chi connectivity index (χ1) is 19.3. The molecule has 40 heavy (non-hydrogen) atoms. The molecule has 0 unspecified atom stereocenters.